The van der Waals surface area contributed by atoms with Crippen LogP contribution in [0.4, 0.5) is 0 Å². The smallest absolute Gasteiger partial charge is 0.278 e. The average molecular weight is 458 g/mol. The molecule has 2 aliphatic rings. The first-order chi connectivity index (χ1) is 16.4. The number of aromatic nitrogens is 1. The third-order valence-electron chi connectivity index (χ3n) is 6.99. The quantitative estimate of drug-likeness (QED) is 0.655. The summed E-state index contributed by atoms with van der Waals surface area (Å²) < 4.78 is 7.06. The number of aliphatic hydroxyl groups excluding tert-OH is 1. The molecule has 0 spiro atoms. The number of fused-ring (bicyclic) bond motifs is 3. The summed E-state index contributed by atoms with van der Waals surface area (Å²) in [4.78, 5) is 27.8. The van der Waals surface area contributed by atoms with Crippen LogP contribution in [0.3, 0.4) is 0 Å². The third-order valence-corrected chi connectivity index (χ3v) is 6.99. The zero-order chi connectivity index (χ0) is 24.0. The van der Waals surface area contributed by atoms with Gasteiger partial charge in [0.25, 0.3) is 5.91 Å². The van der Waals surface area contributed by atoms with Crippen LogP contribution in [0.2, 0.25) is 0 Å². The average Bonchev–Trinajstić information content (AvgIpc) is 2.85. The molecule has 3 aromatic rings. The lowest BCUT2D eigenvalue weighted by Crippen LogP contribution is -2.72. The fourth-order valence-electron chi connectivity index (χ4n) is 5.20. The van der Waals surface area contributed by atoms with E-state index in [1.165, 1.54) is 13.2 Å². The highest BCUT2D eigenvalue weighted by Crippen LogP contribution is 2.45. The van der Waals surface area contributed by atoms with Crippen LogP contribution in [-0.2, 0) is 5.54 Å². The molecule has 1 N–H and O–H groups in total. The molecule has 2 aromatic carbocycles. The minimum absolute atomic E-state index is 0.0122. The number of benzene rings is 2. The van der Waals surface area contributed by atoms with Crippen LogP contribution in [0, 0.1) is 0 Å². The van der Waals surface area contributed by atoms with Gasteiger partial charge in [-0.2, -0.15) is 0 Å². The zero-order valence-corrected chi connectivity index (χ0v) is 19.4. The molecule has 1 unspecified atom stereocenters. The first kappa shape index (κ1) is 22.0. The van der Waals surface area contributed by atoms with Crippen molar-refractivity contribution in [2.24, 2.45) is 0 Å². The molecule has 0 bridgehead atoms. The zero-order valence-electron chi connectivity index (χ0n) is 19.4. The molecule has 2 aliphatic heterocycles. The van der Waals surface area contributed by atoms with Crippen LogP contribution in [-0.4, -0.2) is 47.0 Å². The Bertz CT molecular complexity index is 1320. The highest BCUT2D eigenvalue weighted by molar-refractivity contribution is 5.97. The molecule has 1 fully saturated rings. The maximum atomic E-state index is 13.6. The number of hydrogen-bond acceptors (Lipinski definition) is 5. The summed E-state index contributed by atoms with van der Waals surface area (Å²) in [5.41, 5.74) is 1.65. The number of amides is 1. The molecule has 0 aliphatic carbocycles. The van der Waals surface area contributed by atoms with E-state index in [1.807, 2.05) is 78.7 Å². The van der Waals surface area contributed by atoms with Crippen molar-refractivity contribution in [2.45, 2.75) is 31.2 Å². The standard InChI is InChI=1S/C27H27N3O4/c1-27(20-12-8-5-9-13-20)22(32)17-19(16-18-10-6-4-7-11-18)25-28(2)26(33)23-24(34-3)21(31)14-15-29(23)30(25)27/h4-16,22,25,32H,17H2,1-3H3/b19-16+/t22-,25?,27-/m1/s1. The summed E-state index contributed by atoms with van der Waals surface area (Å²) in [7, 11) is 3.11. The maximum Gasteiger partial charge on any atom is 0.278 e. The van der Waals surface area contributed by atoms with E-state index in [9.17, 15) is 14.7 Å². The minimum Gasteiger partial charge on any atom is -0.491 e. The van der Waals surface area contributed by atoms with Crippen molar-refractivity contribution in [3.8, 4) is 5.75 Å². The van der Waals surface area contributed by atoms with Gasteiger partial charge < -0.3 is 14.7 Å². The molecule has 3 atom stereocenters. The number of rotatable bonds is 3. The Labute approximate surface area is 198 Å². The minimum atomic E-state index is -0.899. The van der Waals surface area contributed by atoms with Gasteiger partial charge in [0.2, 0.25) is 5.43 Å². The Morgan fingerprint density at radius 3 is 2.32 bits per heavy atom. The number of hydrogen-bond donors (Lipinski definition) is 1. The molecule has 7 nitrogen and oxygen atoms in total. The van der Waals surface area contributed by atoms with Crippen molar-refractivity contribution in [3.63, 3.8) is 0 Å². The van der Waals surface area contributed by atoms with Crippen molar-refractivity contribution in [1.29, 1.82) is 0 Å². The third kappa shape index (κ3) is 3.15. The van der Waals surface area contributed by atoms with Crippen LogP contribution in [0.5, 0.6) is 5.75 Å². The van der Waals surface area contributed by atoms with E-state index < -0.39 is 17.8 Å². The van der Waals surface area contributed by atoms with Crippen molar-refractivity contribution < 1.29 is 14.6 Å². The van der Waals surface area contributed by atoms with Gasteiger partial charge in [-0.15, -0.1) is 0 Å². The van der Waals surface area contributed by atoms with Crippen LogP contribution in [0.1, 0.15) is 35.0 Å². The molecule has 174 valence electrons. The molecular formula is C27H27N3O4. The van der Waals surface area contributed by atoms with E-state index >= 15 is 0 Å². The van der Waals surface area contributed by atoms with E-state index in [-0.39, 0.29) is 22.8 Å². The highest BCUT2D eigenvalue weighted by Gasteiger charge is 2.54. The Balaban J connectivity index is 1.80. The molecule has 1 aromatic heterocycles. The largest absolute Gasteiger partial charge is 0.491 e. The van der Waals surface area contributed by atoms with Crippen molar-refractivity contribution in [1.82, 2.24) is 9.58 Å². The molecule has 1 amide bonds. The van der Waals surface area contributed by atoms with Crippen LogP contribution in [0.15, 0.2) is 83.3 Å². The van der Waals surface area contributed by atoms with Gasteiger partial charge >= 0.3 is 0 Å². The fourth-order valence-corrected chi connectivity index (χ4v) is 5.20. The number of pyridine rings is 1. The van der Waals surface area contributed by atoms with Gasteiger partial charge in [-0.25, -0.2) is 0 Å². The van der Waals surface area contributed by atoms with Gasteiger partial charge in [-0.05, 0) is 23.6 Å². The van der Waals surface area contributed by atoms with Gasteiger partial charge in [-0.3, -0.25) is 19.3 Å². The van der Waals surface area contributed by atoms with E-state index in [4.69, 9.17) is 4.74 Å². The SMILES string of the molecule is COc1c2n(ccc1=O)N1C(/C(=C/c3ccccc3)C[C@@H](O)[C@@]1(C)c1ccccc1)N(C)C2=O. The fraction of sp³-hybridized carbons (Fsp3) is 0.259. The van der Waals surface area contributed by atoms with Gasteiger partial charge in [-0.1, -0.05) is 66.7 Å². The van der Waals surface area contributed by atoms with Gasteiger partial charge in [0, 0.05) is 25.7 Å². The highest BCUT2D eigenvalue weighted by atomic mass is 16.5. The molecule has 0 saturated carbocycles. The first-order valence-electron chi connectivity index (χ1n) is 11.2. The Kier molecular flexibility index (Phi) is 5.29. The number of methoxy groups -OCH3 is 1. The van der Waals surface area contributed by atoms with Crippen molar-refractivity contribution in [2.75, 3.05) is 19.2 Å². The number of piperidine rings is 1. The Hall–Kier alpha value is -3.84. The molecule has 34 heavy (non-hydrogen) atoms. The first-order valence-corrected chi connectivity index (χ1v) is 11.2. The number of carbonyl (C=O) groups is 1. The summed E-state index contributed by atoms with van der Waals surface area (Å²) in [5, 5.41) is 13.6. The second-order valence-corrected chi connectivity index (χ2v) is 8.90. The molecule has 5 rings (SSSR count). The van der Waals surface area contributed by atoms with E-state index in [0.717, 1.165) is 16.7 Å². The van der Waals surface area contributed by atoms with Crippen molar-refractivity contribution in [3.05, 3.63) is 106 Å². The molecule has 0 radical (unpaired) electrons. The normalized spacial score (nSPS) is 25.2. The summed E-state index contributed by atoms with van der Waals surface area (Å²) in [6.07, 6.45) is 2.73. The molecule has 7 heteroatoms. The summed E-state index contributed by atoms with van der Waals surface area (Å²) in [6, 6.07) is 21.0. The summed E-state index contributed by atoms with van der Waals surface area (Å²) in [6.45, 7) is 1.97. The maximum absolute atomic E-state index is 13.6. The second-order valence-electron chi connectivity index (χ2n) is 8.90. The Morgan fingerprint density at radius 2 is 1.68 bits per heavy atom. The Morgan fingerprint density at radius 1 is 1.03 bits per heavy atom. The molecular weight excluding hydrogens is 430 g/mol. The predicted octanol–water partition coefficient (Wildman–Crippen LogP) is 2.97. The molecule has 1 saturated heterocycles. The van der Waals surface area contributed by atoms with E-state index in [2.05, 4.69) is 0 Å². The second kappa shape index (κ2) is 8.18. The lowest BCUT2D eigenvalue weighted by atomic mass is 9.77. The number of carbonyl (C=O) groups excluding carboxylic acids is 1. The van der Waals surface area contributed by atoms with Crippen LogP contribution in [0.25, 0.3) is 6.08 Å². The predicted molar refractivity (Wildman–Crippen MR) is 130 cm³/mol. The summed E-state index contributed by atoms with van der Waals surface area (Å²) >= 11 is 0. The van der Waals surface area contributed by atoms with Crippen molar-refractivity contribution >= 4 is 12.0 Å². The van der Waals surface area contributed by atoms with E-state index in [1.54, 1.807) is 22.8 Å². The lowest BCUT2D eigenvalue weighted by Gasteiger charge is -2.59. The number of nitrogens with zero attached hydrogens (tertiary/aromatic N) is 3. The summed E-state index contributed by atoms with van der Waals surface area (Å²) in [5.74, 6) is -0.330. The number of likely N-dealkylation sites (N-methyl/N-ethyl adjacent to an activating group) is 1. The lowest BCUT2D eigenvalue weighted by molar-refractivity contribution is 0.0125. The van der Waals surface area contributed by atoms with Crippen LogP contribution < -0.4 is 15.2 Å². The number of aliphatic hydroxyl groups is 1. The van der Waals surface area contributed by atoms with Gasteiger partial charge in [0.15, 0.2) is 11.4 Å². The van der Waals surface area contributed by atoms with Gasteiger partial charge in [0.1, 0.15) is 11.7 Å². The molecule has 3 heterocycles. The monoisotopic (exact) mass is 457 g/mol. The van der Waals surface area contributed by atoms with Crippen LogP contribution >= 0.6 is 0 Å². The van der Waals surface area contributed by atoms with Gasteiger partial charge in [0.05, 0.1) is 13.2 Å². The van der Waals surface area contributed by atoms with E-state index in [0.29, 0.717) is 6.42 Å². The topological polar surface area (TPSA) is 75.0 Å². The number of ether oxygens (including phenoxy) is 1.